The third-order valence-electron chi connectivity index (χ3n) is 11.0. The highest BCUT2D eigenvalue weighted by Crippen LogP contribution is 2.46. The Bertz CT molecular complexity index is 3910. The van der Waals surface area contributed by atoms with Crippen LogP contribution in [0.25, 0.3) is 87.6 Å². The van der Waals surface area contributed by atoms with E-state index in [4.69, 9.17) is 9.60 Å². The molecule has 11 aromatic carbocycles. The van der Waals surface area contributed by atoms with Gasteiger partial charge in [0.2, 0.25) is 0 Å². The van der Waals surface area contributed by atoms with Crippen molar-refractivity contribution in [2.24, 2.45) is 0 Å². The van der Waals surface area contributed by atoms with Crippen molar-refractivity contribution in [3.05, 3.63) is 236 Å². The van der Waals surface area contributed by atoms with Gasteiger partial charge in [-0.05, 0) is 119 Å². The molecule has 0 saturated heterocycles. The van der Waals surface area contributed by atoms with Crippen LogP contribution in [-0.4, -0.2) is 0 Å². The van der Waals surface area contributed by atoms with Crippen molar-refractivity contribution in [1.82, 2.24) is 0 Å². The quantitative estimate of drug-likeness (QED) is 0.146. The van der Waals surface area contributed by atoms with Crippen molar-refractivity contribution in [3.63, 3.8) is 0 Å². The minimum atomic E-state index is -0.668. The maximum absolute atomic E-state index is 9.66. The molecule has 0 amide bonds. The van der Waals surface area contributed by atoms with Gasteiger partial charge >= 0.3 is 0 Å². The van der Waals surface area contributed by atoms with Gasteiger partial charge in [0, 0.05) is 16.8 Å². The highest BCUT2D eigenvalue weighted by Gasteiger charge is 2.19. The molecule has 11 rings (SSSR count). The number of rotatable bonds is 7. The van der Waals surface area contributed by atoms with Crippen molar-refractivity contribution in [3.8, 4) is 44.5 Å². The molecule has 0 aliphatic rings. The molecule has 0 heterocycles. The zero-order valence-electron chi connectivity index (χ0n) is 42.6. The highest BCUT2D eigenvalue weighted by molar-refractivity contribution is 6.22. The van der Waals surface area contributed by atoms with Crippen molar-refractivity contribution in [2.75, 3.05) is 4.90 Å². The van der Waals surface area contributed by atoms with Crippen LogP contribution in [-0.2, 0) is 0 Å². The van der Waals surface area contributed by atoms with Crippen molar-refractivity contribution in [2.45, 2.75) is 0 Å². The maximum atomic E-state index is 9.66. The molecule has 0 spiro atoms. The van der Waals surface area contributed by atoms with Gasteiger partial charge in [-0.2, -0.15) is 0 Å². The second-order valence-corrected chi connectivity index (χ2v) is 14.4. The van der Waals surface area contributed by atoms with E-state index in [1.54, 1.807) is 4.90 Å². The van der Waals surface area contributed by atoms with E-state index in [-0.39, 0.29) is 22.0 Å². The van der Waals surface area contributed by atoms with E-state index in [0.29, 0.717) is 11.4 Å². The Morgan fingerprint density at radius 1 is 0.305 bits per heavy atom. The van der Waals surface area contributed by atoms with Gasteiger partial charge in [0.25, 0.3) is 0 Å². The summed E-state index contributed by atoms with van der Waals surface area (Å²) in [4.78, 5) is 1.69. The third-order valence-corrected chi connectivity index (χ3v) is 11.0. The van der Waals surface area contributed by atoms with E-state index < -0.39 is 72.0 Å². The van der Waals surface area contributed by atoms with Crippen molar-refractivity contribution >= 4 is 60.2 Å². The zero-order valence-corrected chi connectivity index (χ0v) is 31.6. The summed E-state index contributed by atoms with van der Waals surface area (Å²) in [6.45, 7) is 0. The van der Waals surface area contributed by atoms with E-state index in [9.17, 15) is 5.48 Å². The molecule has 0 unspecified atom stereocenters. The lowest BCUT2D eigenvalue weighted by atomic mass is 9.84. The van der Waals surface area contributed by atoms with Gasteiger partial charge in [-0.1, -0.05) is 200 Å². The predicted molar refractivity (Wildman–Crippen MR) is 253 cm³/mol. The SMILES string of the molecule is [2H]c1c([2H])c(N(c2ccc(-c3ccc4c(c3)c(-c3ccccc3)c(-c3ccccc3)c3ccccc34)cc2)c2cccc3ccccc23)c([2H])c([2H])c1-c1c([2H])c([2H])c([2H])c2c([2H])c([2H])c([2H])c([2H])c12. The maximum Gasteiger partial charge on any atom is 0.0645 e. The molecule has 0 N–H and O–H groups in total. The van der Waals surface area contributed by atoms with Gasteiger partial charge < -0.3 is 4.90 Å². The van der Waals surface area contributed by atoms with Gasteiger partial charge in [0.15, 0.2) is 0 Å². The standard InChI is InChI=1S/C58H39N/c1-3-17-44(18-4-1)57-54-26-12-11-25-52(54)53-38-33-46(39-55(53)58(57)45-19-5-2-6-20-45)40-29-34-47(35-30-40)59(56-28-14-22-42-16-8-10-24-51(42)56)48-36-31-43(32-37-48)50-27-13-21-41-15-7-9-23-49(41)50/h1-39H/i7D,9D,13D,15D,21D,23D,27D,31D,32D,36D,37D. The molecule has 0 atom stereocenters. The van der Waals surface area contributed by atoms with Gasteiger partial charge in [-0.15, -0.1) is 0 Å². The Balaban J connectivity index is 1.12. The minimum absolute atomic E-state index is 0.0951. The van der Waals surface area contributed by atoms with Gasteiger partial charge in [-0.3, -0.25) is 0 Å². The summed E-state index contributed by atoms with van der Waals surface area (Å²) in [5, 5.41) is 5.48. The summed E-state index contributed by atoms with van der Waals surface area (Å²) in [6, 6.07) is 50.4. The van der Waals surface area contributed by atoms with Crippen LogP contribution < -0.4 is 4.90 Å². The van der Waals surface area contributed by atoms with Crippen LogP contribution in [0.2, 0.25) is 0 Å². The number of anilines is 3. The number of hydrogen-bond donors (Lipinski definition) is 0. The number of benzene rings is 11. The molecule has 0 bridgehead atoms. The Kier molecular flexibility index (Phi) is 6.15. The Labute approximate surface area is 360 Å². The average Bonchev–Trinajstić information content (AvgIpc) is 3.40. The monoisotopic (exact) mass is 760 g/mol. The first kappa shape index (κ1) is 24.8. The second-order valence-electron chi connectivity index (χ2n) is 14.4. The first-order valence-corrected chi connectivity index (χ1v) is 19.5. The van der Waals surface area contributed by atoms with Gasteiger partial charge in [-0.25, -0.2) is 0 Å². The number of fused-ring (bicyclic) bond motifs is 5. The fourth-order valence-electron chi connectivity index (χ4n) is 8.32. The topological polar surface area (TPSA) is 3.24 Å². The summed E-state index contributed by atoms with van der Waals surface area (Å²) in [5.74, 6) is 0. The normalized spacial score (nSPS) is 14.0. The van der Waals surface area contributed by atoms with Gasteiger partial charge in [0.05, 0.1) is 20.8 Å². The van der Waals surface area contributed by atoms with Crippen LogP contribution in [0.5, 0.6) is 0 Å². The van der Waals surface area contributed by atoms with Crippen LogP contribution in [0.15, 0.2) is 236 Å². The molecule has 1 nitrogen and oxygen atoms in total. The molecule has 1 heteroatoms. The van der Waals surface area contributed by atoms with Crippen molar-refractivity contribution in [1.29, 1.82) is 0 Å². The average molecular weight is 761 g/mol. The van der Waals surface area contributed by atoms with E-state index in [1.807, 2.05) is 78.9 Å². The minimum Gasteiger partial charge on any atom is -0.310 e. The summed E-state index contributed by atoms with van der Waals surface area (Å²) in [6.07, 6.45) is 0. The molecule has 276 valence electrons. The first-order chi connectivity index (χ1) is 33.9. The Morgan fingerprint density at radius 3 is 1.66 bits per heavy atom. The molecule has 59 heavy (non-hydrogen) atoms. The summed E-state index contributed by atoms with van der Waals surface area (Å²) < 4.78 is 98.8. The van der Waals surface area contributed by atoms with Crippen LogP contribution >= 0.6 is 0 Å². The molecule has 0 aromatic heterocycles. The van der Waals surface area contributed by atoms with Crippen LogP contribution in [0, 0.1) is 0 Å². The lowest BCUT2D eigenvalue weighted by Crippen LogP contribution is -2.10. The molecular formula is C58H39N. The summed E-state index contributed by atoms with van der Waals surface area (Å²) in [5.41, 5.74) is 6.55. The number of nitrogens with zero attached hydrogens (tertiary/aromatic N) is 1. The fraction of sp³-hybridized carbons (Fsp3) is 0. The molecule has 0 radical (unpaired) electrons. The van der Waals surface area contributed by atoms with E-state index >= 15 is 0 Å². The largest absolute Gasteiger partial charge is 0.310 e. The molecule has 0 aliphatic carbocycles. The van der Waals surface area contributed by atoms with Crippen LogP contribution in [0.3, 0.4) is 0 Å². The van der Waals surface area contributed by atoms with Gasteiger partial charge in [0.1, 0.15) is 0 Å². The highest BCUT2D eigenvalue weighted by atomic mass is 15.1. The molecule has 0 aliphatic heterocycles. The lowest BCUT2D eigenvalue weighted by molar-refractivity contribution is 1.30. The Hall–Kier alpha value is -7.74. The van der Waals surface area contributed by atoms with Crippen molar-refractivity contribution < 1.29 is 15.1 Å². The lowest BCUT2D eigenvalue weighted by Gasteiger charge is -2.27. The predicted octanol–water partition coefficient (Wildman–Crippen LogP) is 16.4. The van der Waals surface area contributed by atoms with E-state index in [1.165, 1.54) is 0 Å². The van der Waals surface area contributed by atoms with Crippen LogP contribution in [0.4, 0.5) is 17.1 Å². The molecule has 11 aromatic rings. The molecule has 0 saturated carbocycles. The fourth-order valence-corrected chi connectivity index (χ4v) is 8.32. The Morgan fingerprint density at radius 2 is 0.898 bits per heavy atom. The molecule has 0 fully saturated rings. The smallest absolute Gasteiger partial charge is 0.0645 e. The third kappa shape index (κ3) is 6.12. The first-order valence-electron chi connectivity index (χ1n) is 25.0. The van der Waals surface area contributed by atoms with Crippen LogP contribution in [0.1, 0.15) is 15.1 Å². The van der Waals surface area contributed by atoms with E-state index in [0.717, 1.165) is 65.7 Å². The summed E-state index contributed by atoms with van der Waals surface area (Å²) in [7, 11) is 0. The van der Waals surface area contributed by atoms with E-state index in [2.05, 4.69) is 91.0 Å². The molecular weight excluding hydrogens is 711 g/mol. The summed E-state index contributed by atoms with van der Waals surface area (Å²) >= 11 is 0. The zero-order chi connectivity index (χ0) is 48.7. The second kappa shape index (κ2) is 14.6. The number of hydrogen-bond acceptors (Lipinski definition) is 1.